The Bertz CT molecular complexity index is 1520. The standard InChI is InChI=1S/C27H24FN5O4/c28-19-3-1-4-23-25(19)20-12-18-21(13-29-20)30-31-26(18)16-5-6-22(24(11-16)36-10-2-9-35-23)32-7-8-33-17(14-32)15-37-27(33)34/h1,3-6,11-13,17H,2,7-10,14-15H2,(H,30,31)/t17-/m0/s1. The van der Waals surface area contributed by atoms with Crippen LogP contribution in [0.1, 0.15) is 6.42 Å². The highest BCUT2D eigenvalue weighted by Gasteiger charge is 2.38. The van der Waals surface area contributed by atoms with Crippen LogP contribution in [0.25, 0.3) is 33.4 Å². The number of hydrogen-bond donors (Lipinski definition) is 1. The fourth-order valence-electron chi connectivity index (χ4n) is 5.32. The lowest BCUT2D eigenvalue weighted by atomic mass is 10.0. The van der Waals surface area contributed by atoms with Crippen LogP contribution in [0.2, 0.25) is 0 Å². The van der Waals surface area contributed by atoms with E-state index in [1.807, 2.05) is 24.3 Å². The summed E-state index contributed by atoms with van der Waals surface area (Å²) in [5, 5.41) is 8.42. The Morgan fingerprint density at radius 3 is 2.84 bits per heavy atom. The number of fused-ring (bicyclic) bond motifs is 7. The first-order valence-corrected chi connectivity index (χ1v) is 12.4. The van der Waals surface area contributed by atoms with E-state index < -0.39 is 0 Å². The molecule has 4 bridgehead atoms. The number of amides is 1. The fourth-order valence-corrected chi connectivity index (χ4v) is 5.32. The molecule has 0 aliphatic carbocycles. The zero-order chi connectivity index (χ0) is 24.9. The summed E-state index contributed by atoms with van der Waals surface area (Å²) in [4.78, 5) is 20.5. The summed E-state index contributed by atoms with van der Waals surface area (Å²) in [6.45, 7) is 3.16. The second-order valence-electron chi connectivity index (χ2n) is 9.40. The Hall–Kier alpha value is -4.34. The first-order chi connectivity index (χ1) is 18.2. The second kappa shape index (κ2) is 8.65. The molecule has 7 rings (SSSR count). The molecule has 2 fully saturated rings. The fraction of sp³-hybridized carbons (Fsp3) is 0.296. The number of anilines is 1. The van der Waals surface area contributed by atoms with Crippen LogP contribution < -0.4 is 14.4 Å². The maximum absolute atomic E-state index is 14.9. The summed E-state index contributed by atoms with van der Waals surface area (Å²) in [7, 11) is 0. The van der Waals surface area contributed by atoms with Gasteiger partial charge in [-0.25, -0.2) is 9.18 Å². The third-order valence-electron chi connectivity index (χ3n) is 7.17. The van der Waals surface area contributed by atoms with E-state index in [0.29, 0.717) is 62.9 Å². The van der Waals surface area contributed by atoms with E-state index in [-0.39, 0.29) is 18.0 Å². The van der Waals surface area contributed by atoms with Crippen molar-refractivity contribution in [1.29, 1.82) is 0 Å². The molecule has 1 N–H and O–H groups in total. The third-order valence-corrected chi connectivity index (χ3v) is 7.17. The summed E-state index contributed by atoms with van der Waals surface area (Å²) >= 11 is 0. The van der Waals surface area contributed by atoms with Crippen molar-refractivity contribution in [3.05, 3.63) is 54.5 Å². The predicted octanol–water partition coefficient (Wildman–Crippen LogP) is 4.23. The summed E-state index contributed by atoms with van der Waals surface area (Å²) in [6, 6.07) is 12.7. The van der Waals surface area contributed by atoms with Crippen molar-refractivity contribution in [2.24, 2.45) is 0 Å². The van der Waals surface area contributed by atoms with Crippen LogP contribution >= 0.6 is 0 Å². The van der Waals surface area contributed by atoms with Crippen molar-refractivity contribution in [2.45, 2.75) is 12.5 Å². The second-order valence-corrected chi connectivity index (χ2v) is 9.40. The highest BCUT2D eigenvalue weighted by atomic mass is 19.1. The lowest BCUT2D eigenvalue weighted by Crippen LogP contribution is -2.52. The van der Waals surface area contributed by atoms with Gasteiger partial charge in [0.05, 0.1) is 47.9 Å². The van der Waals surface area contributed by atoms with Crippen LogP contribution in [0.15, 0.2) is 48.7 Å². The molecule has 188 valence electrons. The first-order valence-electron chi connectivity index (χ1n) is 12.4. The molecule has 2 aromatic heterocycles. The van der Waals surface area contributed by atoms with Crippen molar-refractivity contribution in [2.75, 3.05) is 44.4 Å². The zero-order valence-corrected chi connectivity index (χ0v) is 19.9. The molecule has 3 aliphatic heterocycles. The van der Waals surface area contributed by atoms with E-state index in [4.69, 9.17) is 14.2 Å². The SMILES string of the molecule is O=C1OC[C@@H]2CN(c3ccc4cc3OCCCOc3cccc(F)c3-c3cc5c-4n[nH]c5cn3)CCN12. The van der Waals surface area contributed by atoms with Crippen LogP contribution in [-0.2, 0) is 4.74 Å². The van der Waals surface area contributed by atoms with Crippen LogP contribution in [-0.4, -0.2) is 71.7 Å². The number of benzene rings is 2. The maximum Gasteiger partial charge on any atom is 0.410 e. The van der Waals surface area contributed by atoms with E-state index in [0.717, 1.165) is 33.6 Å². The number of carbonyl (C=O) groups excluding carboxylic acids is 1. The zero-order valence-electron chi connectivity index (χ0n) is 19.9. The minimum atomic E-state index is -0.390. The lowest BCUT2D eigenvalue weighted by molar-refractivity contribution is 0.157. The summed E-state index contributed by atoms with van der Waals surface area (Å²) in [5.74, 6) is 0.795. The highest BCUT2D eigenvalue weighted by molar-refractivity contribution is 5.95. The van der Waals surface area contributed by atoms with Gasteiger partial charge in [-0.05, 0) is 30.3 Å². The van der Waals surface area contributed by atoms with Gasteiger partial charge in [0.2, 0.25) is 0 Å². The largest absolute Gasteiger partial charge is 0.493 e. The average molecular weight is 502 g/mol. The van der Waals surface area contributed by atoms with Crippen LogP contribution in [0.3, 0.4) is 0 Å². The number of piperazine rings is 1. The minimum Gasteiger partial charge on any atom is -0.493 e. The lowest BCUT2D eigenvalue weighted by Gasteiger charge is -2.37. The molecule has 9 nitrogen and oxygen atoms in total. The molecule has 0 radical (unpaired) electrons. The number of H-pyrrole nitrogens is 1. The van der Waals surface area contributed by atoms with Crippen molar-refractivity contribution >= 4 is 22.7 Å². The molecule has 0 unspecified atom stereocenters. The molecular formula is C27H24FN5O4. The van der Waals surface area contributed by atoms with Crippen molar-refractivity contribution in [3.8, 4) is 34.0 Å². The topological polar surface area (TPSA) is 92.8 Å². The number of carbonyl (C=O) groups is 1. The number of ether oxygens (including phenoxy) is 3. The molecule has 3 aliphatic rings. The van der Waals surface area contributed by atoms with Crippen molar-refractivity contribution in [3.63, 3.8) is 0 Å². The number of cyclic esters (lactones) is 1. The monoisotopic (exact) mass is 501 g/mol. The van der Waals surface area contributed by atoms with E-state index in [9.17, 15) is 9.18 Å². The van der Waals surface area contributed by atoms with Gasteiger partial charge in [-0.3, -0.25) is 15.0 Å². The Morgan fingerprint density at radius 1 is 1.03 bits per heavy atom. The third kappa shape index (κ3) is 3.71. The van der Waals surface area contributed by atoms with Crippen LogP contribution in [0.4, 0.5) is 14.9 Å². The van der Waals surface area contributed by atoms with E-state index in [2.05, 4.69) is 20.1 Å². The van der Waals surface area contributed by atoms with Gasteiger partial charge in [0.1, 0.15) is 29.6 Å². The first kappa shape index (κ1) is 21.9. The molecular weight excluding hydrogens is 477 g/mol. The number of nitrogens with zero attached hydrogens (tertiary/aromatic N) is 4. The average Bonchev–Trinajstić information content (AvgIpc) is 3.51. The quantitative estimate of drug-likeness (QED) is 0.417. The van der Waals surface area contributed by atoms with Crippen molar-refractivity contribution in [1.82, 2.24) is 20.1 Å². The number of aromatic amines is 1. The van der Waals surface area contributed by atoms with Crippen LogP contribution in [0.5, 0.6) is 11.5 Å². The van der Waals surface area contributed by atoms with E-state index >= 15 is 0 Å². The molecule has 10 heteroatoms. The molecule has 1 atom stereocenters. The van der Waals surface area contributed by atoms with Gasteiger partial charge in [-0.15, -0.1) is 0 Å². The van der Waals surface area contributed by atoms with Gasteiger partial charge in [0.25, 0.3) is 0 Å². The van der Waals surface area contributed by atoms with E-state index in [1.165, 1.54) is 6.07 Å². The Morgan fingerprint density at radius 2 is 1.92 bits per heavy atom. The van der Waals surface area contributed by atoms with Gasteiger partial charge >= 0.3 is 6.09 Å². The number of nitrogens with one attached hydrogen (secondary N) is 1. The number of pyridine rings is 1. The van der Waals surface area contributed by atoms with Gasteiger partial charge in [-0.1, -0.05) is 12.1 Å². The van der Waals surface area contributed by atoms with E-state index in [1.54, 1.807) is 23.2 Å². The predicted molar refractivity (Wildman–Crippen MR) is 134 cm³/mol. The summed E-state index contributed by atoms with van der Waals surface area (Å²) in [5.41, 5.74) is 4.13. The molecule has 2 aromatic carbocycles. The molecule has 2 saturated heterocycles. The maximum atomic E-state index is 14.9. The van der Waals surface area contributed by atoms with Gasteiger partial charge in [-0.2, -0.15) is 5.10 Å². The molecule has 4 aromatic rings. The Labute approximate surface area is 211 Å². The summed E-state index contributed by atoms with van der Waals surface area (Å²) in [6.07, 6.45) is 2.04. The number of rotatable bonds is 1. The number of aromatic nitrogens is 3. The summed E-state index contributed by atoms with van der Waals surface area (Å²) < 4.78 is 32.4. The molecule has 0 spiro atoms. The minimum absolute atomic E-state index is 0.0294. The van der Waals surface area contributed by atoms with Gasteiger partial charge in [0, 0.05) is 37.0 Å². The molecule has 1 amide bonds. The molecule has 37 heavy (non-hydrogen) atoms. The molecule has 0 saturated carbocycles. The van der Waals surface area contributed by atoms with Gasteiger partial charge in [0.15, 0.2) is 0 Å². The highest BCUT2D eigenvalue weighted by Crippen LogP contribution is 2.39. The number of halogens is 1. The molecule has 5 heterocycles. The smallest absolute Gasteiger partial charge is 0.410 e. The Kier molecular flexibility index (Phi) is 5.12. The van der Waals surface area contributed by atoms with Crippen molar-refractivity contribution < 1.29 is 23.4 Å². The Balaban J connectivity index is 1.31. The number of hydrogen-bond acceptors (Lipinski definition) is 7. The normalized spacial score (nSPS) is 19.1. The van der Waals surface area contributed by atoms with Crippen LogP contribution in [0, 0.1) is 5.82 Å². The van der Waals surface area contributed by atoms with Gasteiger partial charge < -0.3 is 19.1 Å².